The van der Waals surface area contributed by atoms with Crippen LogP contribution in [0.3, 0.4) is 0 Å². The number of rotatable bonds is 6. The number of carbonyl (C=O) groups is 2. The normalized spacial score (nSPS) is 21.5. The number of nitrogens with zero attached hydrogens (tertiary/aromatic N) is 1. The van der Waals surface area contributed by atoms with Gasteiger partial charge in [-0.2, -0.15) is 11.8 Å². The number of likely N-dealkylation sites (tertiary alicyclic amines) is 1. The largest absolute Gasteiger partial charge is 0.480 e. The first kappa shape index (κ1) is 15.9. The molecule has 1 heterocycles. The average Bonchev–Trinajstić information content (AvgIpc) is 2.87. The number of β-amino-alcohol motifs (C(OH)–C–C–N with tert-alkyl or cyclic N) is 1. The Kier molecular flexibility index (Phi) is 5.64. The third-order valence-electron chi connectivity index (χ3n) is 3.49. The molecule has 0 aromatic heterocycles. The Morgan fingerprint density at radius 2 is 2.00 bits per heavy atom. The summed E-state index contributed by atoms with van der Waals surface area (Å²) in [6.45, 7) is 0.120. The average molecular weight is 309 g/mol. The minimum Gasteiger partial charge on any atom is -0.480 e. The molecule has 2 rings (SSSR count). The molecule has 0 radical (unpaired) electrons. The van der Waals surface area contributed by atoms with Crippen LogP contribution in [0.5, 0.6) is 0 Å². The minimum absolute atomic E-state index is 0.120. The Labute approximate surface area is 128 Å². The molecule has 2 N–H and O–H groups in total. The highest BCUT2D eigenvalue weighted by Gasteiger charge is 2.38. The molecule has 2 unspecified atom stereocenters. The van der Waals surface area contributed by atoms with Crippen LogP contribution in [0.25, 0.3) is 0 Å². The van der Waals surface area contributed by atoms with Crippen LogP contribution in [-0.2, 0) is 16.0 Å². The molecule has 1 aliphatic rings. The molecule has 1 aliphatic heterocycles. The quantitative estimate of drug-likeness (QED) is 0.767. The fraction of sp³-hybridized carbons (Fsp3) is 0.467. The summed E-state index contributed by atoms with van der Waals surface area (Å²) in [5.74, 6) is -0.195. The van der Waals surface area contributed by atoms with Crippen molar-refractivity contribution in [1.29, 1.82) is 0 Å². The van der Waals surface area contributed by atoms with Crippen LogP contribution in [0.2, 0.25) is 0 Å². The van der Waals surface area contributed by atoms with E-state index in [-0.39, 0.29) is 24.6 Å². The van der Waals surface area contributed by atoms with Gasteiger partial charge in [-0.05, 0) is 17.7 Å². The van der Waals surface area contributed by atoms with E-state index in [0.29, 0.717) is 0 Å². The lowest BCUT2D eigenvalue weighted by Crippen LogP contribution is -2.41. The van der Waals surface area contributed by atoms with Crippen LogP contribution in [0.1, 0.15) is 12.0 Å². The Morgan fingerprint density at radius 3 is 2.67 bits per heavy atom. The summed E-state index contributed by atoms with van der Waals surface area (Å²) in [5, 5.41) is 18.6. The maximum Gasteiger partial charge on any atom is 0.326 e. The first-order valence-electron chi connectivity index (χ1n) is 6.90. The second-order valence-corrected chi connectivity index (χ2v) is 6.18. The number of aliphatic hydroxyl groups excluding tert-OH is 1. The lowest BCUT2D eigenvalue weighted by molar-refractivity contribution is -0.147. The zero-order chi connectivity index (χ0) is 15.2. The summed E-state index contributed by atoms with van der Waals surface area (Å²) in [6, 6.07) is 9.12. The van der Waals surface area contributed by atoms with Gasteiger partial charge in [0.2, 0.25) is 5.91 Å². The van der Waals surface area contributed by atoms with Gasteiger partial charge >= 0.3 is 5.97 Å². The standard InChI is InChI=1S/C15H19NO4S/c17-12-8-13(15(19)20)16(9-12)14(18)10-21-7-6-11-4-2-1-3-5-11/h1-5,12-13,17H,6-10H2,(H,19,20). The molecule has 1 saturated heterocycles. The number of aliphatic carboxylic acids is 1. The van der Waals surface area contributed by atoms with Gasteiger partial charge in [0.25, 0.3) is 0 Å². The third-order valence-corrected chi connectivity index (χ3v) is 4.43. The Bertz CT molecular complexity index is 494. The molecular formula is C15H19NO4S. The molecule has 114 valence electrons. The molecule has 21 heavy (non-hydrogen) atoms. The van der Waals surface area contributed by atoms with Crippen molar-refractivity contribution in [3.8, 4) is 0 Å². The predicted molar refractivity (Wildman–Crippen MR) is 81.2 cm³/mol. The fourth-order valence-electron chi connectivity index (χ4n) is 2.40. The van der Waals surface area contributed by atoms with Crippen molar-refractivity contribution in [3.63, 3.8) is 0 Å². The molecule has 1 aromatic rings. The van der Waals surface area contributed by atoms with Crippen LogP contribution in [-0.4, -0.2) is 57.2 Å². The number of thioether (sulfide) groups is 1. The lowest BCUT2D eigenvalue weighted by Gasteiger charge is -2.20. The molecule has 0 aliphatic carbocycles. The van der Waals surface area contributed by atoms with Crippen molar-refractivity contribution in [3.05, 3.63) is 35.9 Å². The Balaban J connectivity index is 1.75. The van der Waals surface area contributed by atoms with Crippen molar-refractivity contribution >= 4 is 23.6 Å². The van der Waals surface area contributed by atoms with Gasteiger partial charge in [-0.15, -0.1) is 0 Å². The van der Waals surface area contributed by atoms with E-state index in [1.807, 2.05) is 30.3 Å². The molecule has 1 aromatic carbocycles. The first-order chi connectivity index (χ1) is 10.1. The van der Waals surface area contributed by atoms with Gasteiger partial charge in [-0.1, -0.05) is 30.3 Å². The monoisotopic (exact) mass is 309 g/mol. The zero-order valence-electron chi connectivity index (χ0n) is 11.6. The van der Waals surface area contributed by atoms with Gasteiger partial charge in [0.15, 0.2) is 0 Å². The second-order valence-electron chi connectivity index (χ2n) is 5.08. The molecule has 0 spiro atoms. The van der Waals surface area contributed by atoms with E-state index in [4.69, 9.17) is 5.11 Å². The van der Waals surface area contributed by atoms with Gasteiger partial charge in [-0.3, -0.25) is 4.79 Å². The topological polar surface area (TPSA) is 77.8 Å². The minimum atomic E-state index is -1.05. The van der Waals surface area contributed by atoms with E-state index in [1.165, 1.54) is 22.2 Å². The van der Waals surface area contributed by atoms with Crippen molar-refractivity contribution in [2.45, 2.75) is 25.0 Å². The van der Waals surface area contributed by atoms with Crippen molar-refractivity contribution in [2.75, 3.05) is 18.1 Å². The molecule has 1 fully saturated rings. The summed E-state index contributed by atoms with van der Waals surface area (Å²) >= 11 is 1.49. The van der Waals surface area contributed by atoms with Crippen LogP contribution in [0.4, 0.5) is 0 Å². The van der Waals surface area contributed by atoms with Gasteiger partial charge in [0, 0.05) is 13.0 Å². The molecule has 1 amide bonds. The molecule has 6 heteroatoms. The van der Waals surface area contributed by atoms with Crippen LogP contribution < -0.4 is 0 Å². The maximum atomic E-state index is 12.0. The van der Waals surface area contributed by atoms with E-state index in [1.54, 1.807) is 0 Å². The van der Waals surface area contributed by atoms with E-state index >= 15 is 0 Å². The predicted octanol–water partition coefficient (Wildman–Crippen LogP) is 1.01. The van der Waals surface area contributed by atoms with Crippen LogP contribution in [0.15, 0.2) is 30.3 Å². The van der Waals surface area contributed by atoms with Crippen LogP contribution >= 0.6 is 11.8 Å². The number of hydrogen-bond acceptors (Lipinski definition) is 4. The SMILES string of the molecule is O=C(O)C1CC(O)CN1C(=O)CSCCc1ccccc1. The van der Waals surface area contributed by atoms with Crippen molar-refractivity contribution < 1.29 is 19.8 Å². The lowest BCUT2D eigenvalue weighted by atomic mass is 10.2. The summed E-state index contributed by atoms with van der Waals surface area (Å²) in [4.78, 5) is 24.4. The maximum absolute atomic E-state index is 12.0. The summed E-state index contributed by atoms with van der Waals surface area (Å²) in [6.07, 6.45) is 0.267. The second kappa shape index (κ2) is 7.47. The summed E-state index contributed by atoms with van der Waals surface area (Å²) in [7, 11) is 0. The molecule has 0 bridgehead atoms. The summed E-state index contributed by atoms with van der Waals surface area (Å²) < 4.78 is 0. The van der Waals surface area contributed by atoms with E-state index in [9.17, 15) is 14.7 Å². The zero-order valence-corrected chi connectivity index (χ0v) is 12.5. The Hall–Kier alpha value is -1.53. The smallest absolute Gasteiger partial charge is 0.326 e. The highest BCUT2D eigenvalue weighted by atomic mass is 32.2. The highest BCUT2D eigenvalue weighted by molar-refractivity contribution is 7.99. The van der Waals surface area contributed by atoms with Crippen molar-refractivity contribution in [1.82, 2.24) is 4.90 Å². The number of aryl methyl sites for hydroxylation is 1. The third kappa shape index (κ3) is 4.47. The fourth-order valence-corrected chi connectivity index (χ4v) is 3.27. The summed E-state index contributed by atoms with van der Waals surface area (Å²) in [5.41, 5.74) is 1.22. The molecule has 0 saturated carbocycles. The van der Waals surface area contributed by atoms with Gasteiger partial charge < -0.3 is 15.1 Å². The van der Waals surface area contributed by atoms with Gasteiger partial charge in [-0.25, -0.2) is 4.79 Å². The number of benzene rings is 1. The number of aliphatic hydroxyl groups is 1. The van der Waals surface area contributed by atoms with Crippen molar-refractivity contribution in [2.24, 2.45) is 0 Å². The van der Waals surface area contributed by atoms with E-state index < -0.39 is 18.1 Å². The molecular weight excluding hydrogens is 290 g/mol. The van der Waals surface area contributed by atoms with E-state index in [0.717, 1.165) is 12.2 Å². The number of carbonyl (C=O) groups excluding carboxylic acids is 1. The number of carboxylic acid groups (broad SMARTS) is 1. The highest BCUT2D eigenvalue weighted by Crippen LogP contribution is 2.19. The van der Waals surface area contributed by atoms with Gasteiger partial charge in [0.1, 0.15) is 6.04 Å². The molecule has 2 atom stereocenters. The first-order valence-corrected chi connectivity index (χ1v) is 8.05. The molecule has 5 nitrogen and oxygen atoms in total. The van der Waals surface area contributed by atoms with Gasteiger partial charge in [0.05, 0.1) is 11.9 Å². The van der Waals surface area contributed by atoms with E-state index in [2.05, 4.69) is 0 Å². The number of carboxylic acids is 1. The Morgan fingerprint density at radius 1 is 1.29 bits per heavy atom. The number of hydrogen-bond donors (Lipinski definition) is 2. The van der Waals surface area contributed by atoms with Crippen LogP contribution in [0, 0.1) is 0 Å². The number of amides is 1.